The molecule has 0 heterocycles. The first-order valence-corrected chi connectivity index (χ1v) is 6.20. The summed E-state index contributed by atoms with van der Waals surface area (Å²) in [6.07, 6.45) is 2.93. The van der Waals surface area contributed by atoms with Crippen LogP contribution < -0.4 is 5.73 Å². The predicted molar refractivity (Wildman–Crippen MR) is 72.7 cm³/mol. The summed E-state index contributed by atoms with van der Waals surface area (Å²) in [5.74, 6) is 0. The van der Waals surface area contributed by atoms with Gasteiger partial charge in [0, 0.05) is 12.6 Å². The molecular weight excluding hydrogens is 210 g/mol. The van der Waals surface area contributed by atoms with E-state index < -0.39 is 0 Å². The second kappa shape index (κ2) is 8.04. The summed E-state index contributed by atoms with van der Waals surface area (Å²) in [6, 6.07) is 10.4. The normalized spacial score (nSPS) is 12.4. The maximum absolute atomic E-state index is 5.98. The fourth-order valence-corrected chi connectivity index (χ4v) is 1.58. The third kappa shape index (κ3) is 6.93. The summed E-state index contributed by atoms with van der Waals surface area (Å²) in [4.78, 5) is 0. The van der Waals surface area contributed by atoms with E-state index in [-0.39, 0.29) is 6.04 Å². The van der Waals surface area contributed by atoms with Gasteiger partial charge < -0.3 is 10.5 Å². The molecule has 0 fully saturated rings. The van der Waals surface area contributed by atoms with Crippen LogP contribution in [0.3, 0.4) is 0 Å². The average molecular weight is 233 g/mol. The maximum Gasteiger partial charge on any atom is 0.0716 e. The Morgan fingerprint density at radius 2 is 2.00 bits per heavy atom. The zero-order valence-corrected chi connectivity index (χ0v) is 10.7. The van der Waals surface area contributed by atoms with Gasteiger partial charge in [-0.3, -0.25) is 0 Å². The van der Waals surface area contributed by atoms with Gasteiger partial charge in [-0.05, 0) is 31.7 Å². The molecule has 0 aliphatic heterocycles. The second-order valence-corrected chi connectivity index (χ2v) is 4.58. The molecule has 2 heteroatoms. The Bertz CT molecular complexity index is 321. The minimum atomic E-state index is 0.225. The molecule has 1 aromatic carbocycles. The summed E-state index contributed by atoms with van der Waals surface area (Å²) in [5, 5.41) is 0. The van der Waals surface area contributed by atoms with Crippen molar-refractivity contribution < 1.29 is 4.74 Å². The molecule has 2 N–H and O–H groups in total. The smallest absolute Gasteiger partial charge is 0.0716 e. The van der Waals surface area contributed by atoms with Gasteiger partial charge in [0.1, 0.15) is 0 Å². The largest absolute Gasteiger partial charge is 0.377 e. The highest BCUT2D eigenvalue weighted by molar-refractivity contribution is 5.13. The third-order valence-corrected chi connectivity index (χ3v) is 2.69. The van der Waals surface area contributed by atoms with E-state index in [0.29, 0.717) is 6.61 Å². The first-order valence-electron chi connectivity index (χ1n) is 6.20. The van der Waals surface area contributed by atoms with Crippen LogP contribution in [0.25, 0.3) is 0 Å². The standard InChI is InChI=1S/C15H23NO/c1-13(2)8-9-15(16)10-11-17-12-14-6-4-3-5-7-14/h3-7,15H,1,8-12,16H2,2H3. The molecule has 94 valence electrons. The highest BCUT2D eigenvalue weighted by Crippen LogP contribution is 2.06. The number of nitrogens with two attached hydrogens (primary N) is 1. The molecule has 2 nitrogen and oxygen atoms in total. The molecule has 0 saturated carbocycles. The predicted octanol–water partition coefficient (Wildman–Crippen LogP) is 3.28. The van der Waals surface area contributed by atoms with Crippen LogP contribution in [-0.4, -0.2) is 12.6 Å². The van der Waals surface area contributed by atoms with Crippen molar-refractivity contribution in [2.45, 2.75) is 38.8 Å². The lowest BCUT2D eigenvalue weighted by Gasteiger charge is -2.11. The van der Waals surface area contributed by atoms with Crippen LogP contribution in [-0.2, 0) is 11.3 Å². The molecule has 0 radical (unpaired) electrons. The Hall–Kier alpha value is -1.12. The number of benzene rings is 1. The molecule has 1 atom stereocenters. The van der Waals surface area contributed by atoms with Gasteiger partial charge in [0.05, 0.1) is 6.61 Å². The molecule has 1 rings (SSSR count). The van der Waals surface area contributed by atoms with E-state index in [2.05, 4.69) is 18.7 Å². The van der Waals surface area contributed by atoms with Gasteiger partial charge >= 0.3 is 0 Å². The average Bonchev–Trinajstić information content (AvgIpc) is 2.33. The van der Waals surface area contributed by atoms with Crippen molar-refractivity contribution >= 4 is 0 Å². The molecule has 0 amide bonds. The Balaban J connectivity index is 2.06. The summed E-state index contributed by atoms with van der Waals surface area (Å²) < 4.78 is 5.59. The lowest BCUT2D eigenvalue weighted by atomic mass is 10.1. The minimum absolute atomic E-state index is 0.225. The molecule has 0 aromatic heterocycles. The monoisotopic (exact) mass is 233 g/mol. The van der Waals surface area contributed by atoms with Crippen LogP contribution in [0.4, 0.5) is 0 Å². The van der Waals surface area contributed by atoms with E-state index >= 15 is 0 Å². The lowest BCUT2D eigenvalue weighted by molar-refractivity contribution is 0.113. The zero-order valence-electron chi connectivity index (χ0n) is 10.7. The maximum atomic E-state index is 5.98. The number of allylic oxidation sites excluding steroid dienone is 1. The van der Waals surface area contributed by atoms with E-state index in [1.807, 2.05) is 25.1 Å². The summed E-state index contributed by atoms with van der Waals surface area (Å²) in [6.45, 7) is 7.32. The van der Waals surface area contributed by atoms with Crippen molar-refractivity contribution in [2.24, 2.45) is 5.73 Å². The van der Waals surface area contributed by atoms with Gasteiger partial charge in [-0.15, -0.1) is 6.58 Å². The minimum Gasteiger partial charge on any atom is -0.377 e. The Morgan fingerprint density at radius 3 is 2.65 bits per heavy atom. The van der Waals surface area contributed by atoms with Crippen molar-refractivity contribution in [1.82, 2.24) is 0 Å². The van der Waals surface area contributed by atoms with Crippen molar-refractivity contribution in [2.75, 3.05) is 6.61 Å². The van der Waals surface area contributed by atoms with Crippen molar-refractivity contribution in [3.63, 3.8) is 0 Å². The molecule has 17 heavy (non-hydrogen) atoms. The fraction of sp³-hybridized carbons (Fsp3) is 0.467. The number of hydrogen-bond donors (Lipinski definition) is 1. The van der Waals surface area contributed by atoms with Crippen LogP contribution in [0.5, 0.6) is 0 Å². The first kappa shape index (κ1) is 13.9. The Labute approximate surface area is 104 Å². The Morgan fingerprint density at radius 1 is 1.29 bits per heavy atom. The van der Waals surface area contributed by atoms with E-state index in [1.54, 1.807) is 0 Å². The van der Waals surface area contributed by atoms with Gasteiger partial charge in [0.15, 0.2) is 0 Å². The molecule has 0 aliphatic carbocycles. The highest BCUT2D eigenvalue weighted by atomic mass is 16.5. The number of rotatable bonds is 8. The number of ether oxygens (including phenoxy) is 1. The summed E-state index contributed by atoms with van der Waals surface area (Å²) >= 11 is 0. The molecule has 1 aromatic rings. The van der Waals surface area contributed by atoms with Crippen molar-refractivity contribution in [3.8, 4) is 0 Å². The lowest BCUT2D eigenvalue weighted by Crippen LogP contribution is -2.21. The second-order valence-electron chi connectivity index (χ2n) is 4.58. The van der Waals surface area contributed by atoms with Gasteiger partial charge in [-0.25, -0.2) is 0 Å². The van der Waals surface area contributed by atoms with Crippen molar-refractivity contribution in [1.29, 1.82) is 0 Å². The van der Waals surface area contributed by atoms with E-state index in [1.165, 1.54) is 11.1 Å². The molecule has 0 spiro atoms. The van der Waals surface area contributed by atoms with Crippen LogP contribution in [0.15, 0.2) is 42.5 Å². The van der Waals surface area contributed by atoms with Gasteiger partial charge in [0.25, 0.3) is 0 Å². The summed E-state index contributed by atoms with van der Waals surface area (Å²) in [5.41, 5.74) is 8.39. The molecule has 0 saturated heterocycles. The SMILES string of the molecule is C=C(C)CCC(N)CCOCc1ccccc1. The summed E-state index contributed by atoms with van der Waals surface area (Å²) in [7, 11) is 0. The van der Waals surface area contributed by atoms with Crippen LogP contribution in [0, 0.1) is 0 Å². The van der Waals surface area contributed by atoms with E-state index in [9.17, 15) is 0 Å². The molecular formula is C15H23NO. The van der Waals surface area contributed by atoms with E-state index in [4.69, 9.17) is 10.5 Å². The van der Waals surface area contributed by atoms with Gasteiger partial charge in [-0.2, -0.15) is 0 Å². The fourth-order valence-electron chi connectivity index (χ4n) is 1.58. The Kier molecular flexibility index (Phi) is 6.60. The van der Waals surface area contributed by atoms with Gasteiger partial charge in [0.2, 0.25) is 0 Å². The zero-order chi connectivity index (χ0) is 12.5. The number of hydrogen-bond acceptors (Lipinski definition) is 2. The molecule has 0 bridgehead atoms. The van der Waals surface area contributed by atoms with Crippen LogP contribution in [0.1, 0.15) is 31.7 Å². The van der Waals surface area contributed by atoms with E-state index in [0.717, 1.165) is 25.9 Å². The highest BCUT2D eigenvalue weighted by Gasteiger charge is 2.02. The quantitative estimate of drug-likeness (QED) is 0.552. The van der Waals surface area contributed by atoms with Crippen molar-refractivity contribution in [3.05, 3.63) is 48.0 Å². The van der Waals surface area contributed by atoms with Crippen LogP contribution >= 0.6 is 0 Å². The first-order chi connectivity index (χ1) is 8.18. The topological polar surface area (TPSA) is 35.2 Å². The molecule has 1 unspecified atom stereocenters. The third-order valence-electron chi connectivity index (χ3n) is 2.69. The van der Waals surface area contributed by atoms with Crippen LogP contribution in [0.2, 0.25) is 0 Å². The van der Waals surface area contributed by atoms with Gasteiger partial charge in [-0.1, -0.05) is 35.9 Å². The molecule has 0 aliphatic rings.